The van der Waals surface area contributed by atoms with E-state index in [1.54, 1.807) is 7.11 Å². The molecule has 0 aliphatic carbocycles. The molecular formula is C85H97NO13. The van der Waals surface area contributed by atoms with Gasteiger partial charge in [0.05, 0.1) is 31.5 Å². The summed E-state index contributed by atoms with van der Waals surface area (Å²) in [7, 11) is 1.64. The lowest BCUT2D eigenvalue weighted by Gasteiger charge is -2.18. The minimum atomic E-state index is -0.800. The van der Waals surface area contributed by atoms with E-state index in [-0.39, 0.29) is 52.0 Å². The third kappa shape index (κ3) is 23.4. The number of rotatable bonds is 25. The van der Waals surface area contributed by atoms with Crippen LogP contribution in [0.25, 0.3) is 32.3 Å². The first-order valence-corrected chi connectivity index (χ1v) is 34.1. The summed E-state index contributed by atoms with van der Waals surface area (Å²) in [4.78, 5) is 0. The Morgan fingerprint density at radius 3 is 1.18 bits per heavy atom. The third-order valence-corrected chi connectivity index (χ3v) is 18.0. The second kappa shape index (κ2) is 36.7. The van der Waals surface area contributed by atoms with Crippen molar-refractivity contribution in [2.24, 2.45) is 17.8 Å². The Bertz CT molecular complexity index is 4250. The molecule has 0 heterocycles. The minimum Gasteiger partial charge on any atom is -0.508 e. The molecule has 0 fully saturated rings. The zero-order chi connectivity index (χ0) is 71.1. The summed E-state index contributed by atoms with van der Waals surface area (Å²) in [6.07, 6.45) is 5.20. The first kappa shape index (κ1) is 75.0. The van der Waals surface area contributed by atoms with E-state index in [1.165, 1.54) is 133 Å². The van der Waals surface area contributed by atoms with E-state index in [0.29, 0.717) is 65.8 Å². The molecular weight excluding hydrogens is 1240 g/mol. The quantitative estimate of drug-likeness (QED) is 0.0254. The van der Waals surface area contributed by atoms with E-state index in [4.69, 9.17) is 4.74 Å². The highest BCUT2D eigenvalue weighted by Gasteiger charge is 2.18. The van der Waals surface area contributed by atoms with E-state index in [2.05, 4.69) is 148 Å². The van der Waals surface area contributed by atoms with Crippen LogP contribution in [-0.2, 0) is 25.7 Å². The molecule has 13 N–H and O–H groups in total. The van der Waals surface area contributed by atoms with Crippen molar-refractivity contribution in [3.8, 4) is 51.7 Å². The molecule has 11 aromatic rings. The second-order valence-corrected chi connectivity index (χ2v) is 26.6. The van der Waals surface area contributed by atoms with Gasteiger partial charge in [-0.25, -0.2) is 0 Å². The molecule has 0 aliphatic heterocycles. The first-order chi connectivity index (χ1) is 47.4. The van der Waals surface area contributed by atoms with Crippen LogP contribution >= 0.6 is 0 Å². The Kier molecular flexibility index (Phi) is 27.8. The summed E-state index contributed by atoms with van der Waals surface area (Å²) in [5.74, 6) is 1.79. The standard InChI is InChI=1S/C23H26O3.2C22H24O3.C18H23NO4/c1-15(7-10-23(26)18-12-19(24)14-20(25)13-18)11-17-9-8-16(2)21-5-3-4-6-22(17)21;1-15(9-10-22(25)18-12-19(23)14-20(24)13-18)11-17-7-4-6-16-5-2-3-8-21(16)17;1-15(6-9-22(25)19-12-20(23)14-21(24)13-19)10-16-7-8-17-4-2-3-5-18(17)11-16;1-12(7-13-3-5-17(23-2)6-4-13)19-11-18(22)14-8-15(20)10-16(21)9-14/h3-6,8-9,12-15,23-26H,7,10-11H2,1-2H3;2-8,12-15,22-25H,9-11H2,1H3;2-5,7-8,11-15,22-25H,6,9-10H2,1H3;3-6,8-10,12,18-22H,7,11H2,1-2H3. The van der Waals surface area contributed by atoms with Gasteiger partial charge < -0.3 is 71.3 Å². The lowest BCUT2D eigenvalue weighted by molar-refractivity contribution is 0.157. The molecule has 0 saturated heterocycles. The van der Waals surface area contributed by atoms with Crippen LogP contribution in [0.15, 0.2) is 218 Å². The number of methoxy groups -OCH3 is 1. The predicted molar refractivity (Wildman–Crippen MR) is 396 cm³/mol. The van der Waals surface area contributed by atoms with Gasteiger partial charge in [-0.1, -0.05) is 154 Å². The maximum absolute atomic E-state index is 10.4. The van der Waals surface area contributed by atoms with Crippen molar-refractivity contribution in [2.45, 2.75) is 129 Å². The van der Waals surface area contributed by atoms with Gasteiger partial charge in [-0.3, -0.25) is 0 Å². The van der Waals surface area contributed by atoms with Crippen LogP contribution in [0.4, 0.5) is 0 Å². The van der Waals surface area contributed by atoms with Gasteiger partial charge in [-0.05, 0) is 239 Å². The summed E-state index contributed by atoms with van der Waals surface area (Å²) >= 11 is 0. The van der Waals surface area contributed by atoms with Crippen molar-refractivity contribution in [3.63, 3.8) is 0 Å². The summed E-state index contributed by atoms with van der Waals surface area (Å²) in [5.41, 5.74) is 8.56. The fourth-order valence-electron chi connectivity index (χ4n) is 12.7. The van der Waals surface area contributed by atoms with Gasteiger partial charge in [-0.15, -0.1) is 0 Å². The van der Waals surface area contributed by atoms with E-state index < -0.39 is 24.4 Å². The highest BCUT2D eigenvalue weighted by Crippen LogP contribution is 2.34. The van der Waals surface area contributed by atoms with Crippen molar-refractivity contribution in [1.82, 2.24) is 5.32 Å². The molecule has 0 amide bonds. The number of fused-ring (bicyclic) bond motifs is 3. The largest absolute Gasteiger partial charge is 0.508 e. The Morgan fingerprint density at radius 2 is 0.707 bits per heavy atom. The summed E-state index contributed by atoms with van der Waals surface area (Å²) in [6, 6.07) is 67.5. The fourth-order valence-corrected chi connectivity index (χ4v) is 12.7. The monoisotopic (exact) mass is 1340 g/mol. The van der Waals surface area contributed by atoms with Gasteiger partial charge in [0.15, 0.2) is 0 Å². The molecule has 0 aliphatic rings. The average Bonchev–Trinajstić information content (AvgIpc) is 0.854. The molecule has 14 nitrogen and oxygen atoms in total. The van der Waals surface area contributed by atoms with Crippen LogP contribution in [-0.4, -0.2) is 81.0 Å². The SMILES string of the molecule is CC(CCC(O)c1cc(O)cc(O)c1)Cc1ccc2ccccc2c1.CC(CCC(O)c1cc(O)cc(O)c1)Cc1cccc2ccccc12.COc1ccc(CC(C)NCC(O)c2cc(O)cc(O)c2)cc1.Cc1ccc(CC(C)CCC(O)c2cc(O)cc(O)c2)c2ccccc12. The van der Waals surface area contributed by atoms with Gasteiger partial charge in [0.1, 0.15) is 51.7 Å². The first-order valence-electron chi connectivity index (χ1n) is 34.1. The number of hydrogen-bond acceptors (Lipinski definition) is 14. The number of hydrogen-bond donors (Lipinski definition) is 13. The molecule has 8 atom stereocenters. The molecule has 0 bridgehead atoms. The lowest BCUT2D eigenvalue weighted by Crippen LogP contribution is -2.32. The van der Waals surface area contributed by atoms with Gasteiger partial charge in [0.25, 0.3) is 0 Å². The highest BCUT2D eigenvalue weighted by atomic mass is 16.5. The smallest absolute Gasteiger partial charge is 0.119 e. The Balaban J connectivity index is 0.000000168. The number of aryl methyl sites for hydroxylation is 1. The number of benzene rings is 11. The average molecular weight is 1340 g/mol. The molecule has 99 heavy (non-hydrogen) atoms. The topological polar surface area (TPSA) is 264 Å². The van der Waals surface area contributed by atoms with Gasteiger partial charge in [0.2, 0.25) is 0 Å². The number of phenolic OH excluding ortho intramolecular Hbond substituents is 8. The molecule has 0 saturated carbocycles. The number of aliphatic hydroxyl groups excluding tert-OH is 4. The van der Waals surface area contributed by atoms with Gasteiger partial charge in [-0.2, -0.15) is 0 Å². The Hall–Kier alpha value is -9.80. The number of phenols is 8. The number of aromatic hydroxyl groups is 8. The van der Waals surface area contributed by atoms with E-state index in [1.807, 2.05) is 37.3 Å². The number of ether oxygens (including phenoxy) is 1. The maximum Gasteiger partial charge on any atom is 0.119 e. The number of nitrogens with one attached hydrogen (secondary N) is 1. The molecule has 11 aromatic carbocycles. The molecule has 11 rings (SSSR count). The Labute approximate surface area is 581 Å². The van der Waals surface area contributed by atoms with Crippen molar-refractivity contribution in [3.05, 3.63) is 268 Å². The zero-order valence-corrected chi connectivity index (χ0v) is 57.5. The summed E-state index contributed by atoms with van der Waals surface area (Å²) in [5, 5.41) is 128. The molecule has 0 aromatic heterocycles. The van der Waals surface area contributed by atoms with Gasteiger partial charge in [0, 0.05) is 36.9 Å². The lowest BCUT2D eigenvalue weighted by atomic mass is 9.90. The van der Waals surface area contributed by atoms with Crippen LogP contribution < -0.4 is 10.1 Å². The third-order valence-electron chi connectivity index (χ3n) is 18.0. The van der Waals surface area contributed by atoms with Crippen LogP contribution in [0.3, 0.4) is 0 Å². The Morgan fingerprint density at radius 1 is 0.323 bits per heavy atom. The summed E-state index contributed by atoms with van der Waals surface area (Å²) < 4.78 is 5.13. The number of aliphatic hydroxyl groups is 4. The van der Waals surface area contributed by atoms with E-state index >= 15 is 0 Å². The summed E-state index contributed by atoms with van der Waals surface area (Å²) in [6.45, 7) is 11.1. The van der Waals surface area contributed by atoms with Gasteiger partial charge >= 0.3 is 0 Å². The van der Waals surface area contributed by atoms with E-state index in [0.717, 1.165) is 50.7 Å². The highest BCUT2D eigenvalue weighted by molar-refractivity contribution is 5.89. The van der Waals surface area contributed by atoms with Crippen LogP contribution in [0.1, 0.15) is 141 Å². The maximum atomic E-state index is 10.4. The molecule has 14 heteroatoms. The van der Waals surface area contributed by atoms with Crippen LogP contribution in [0.2, 0.25) is 0 Å². The predicted octanol–water partition coefficient (Wildman–Crippen LogP) is 17.5. The molecule has 0 spiro atoms. The molecule has 520 valence electrons. The van der Waals surface area contributed by atoms with Crippen molar-refractivity contribution < 1.29 is 66.0 Å². The molecule has 0 radical (unpaired) electrons. The normalized spacial score (nSPS) is 13.6. The zero-order valence-electron chi connectivity index (χ0n) is 57.5. The van der Waals surface area contributed by atoms with E-state index in [9.17, 15) is 61.3 Å². The van der Waals surface area contributed by atoms with Crippen LogP contribution in [0, 0.1) is 24.7 Å². The van der Waals surface area contributed by atoms with Crippen molar-refractivity contribution in [1.29, 1.82) is 0 Å². The fraction of sp³-hybridized carbons (Fsp3) is 0.294. The second-order valence-electron chi connectivity index (χ2n) is 26.6. The van der Waals surface area contributed by atoms with Crippen molar-refractivity contribution >= 4 is 32.3 Å². The molecule has 8 unspecified atom stereocenters. The minimum absolute atomic E-state index is 0.0294. The van der Waals surface area contributed by atoms with Crippen LogP contribution in [0.5, 0.6) is 51.7 Å². The van der Waals surface area contributed by atoms with Crippen molar-refractivity contribution in [2.75, 3.05) is 13.7 Å².